The predicted octanol–water partition coefficient (Wildman–Crippen LogP) is 4.31. The minimum atomic E-state index is -1.10. The maximum absolute atomic E-state index is 12.3. The number of anilines is 1. The van der Waals surface area contributed by atoms with Crippen molar-refractivity contribution in [2.45, 2.75) is 12.5 Å². The molecule has 1 atom stereocenters. The molecule has 26 heavy (non-hydrogen) atoms. The Bertz CT molecular complexity index is 936. The van der Waals surface area contributed by atoms with Gasteiger partial charge in [0, 0.05) is 16.8 Å². The summed E-state index contributed by atoms with van der Waals surface area (Å²) in [6, 6.07) is 18.4. The Morgan fingerprint density at radius 3 is 2.38 bits per heavy atom. The molecule has 0 spiro atoms. The average molecular weight is 369 g/mol. The van der Waals surface area contributed by atoms with Crippen molar-refractivity contribution in [1.29, 1.82) is 0 Å². The van der Waals surface area contributed by atoms with Gasteiger partial charge in [-0.3, -0.25) is 0 Å². The van der Waals surface area contributed by atoms with E-state index in [1.165, 1.54) is 0 Å². The van der Waals surface area contributed by atoms with Gasteiger partial charge in [0.15, 0.2) is 0 Å². The Kier molecular flexibility index (Phi) is 5.39. The van der Waals surface area contributed by atoms with Crippen molar-refractivity contribution < 1.29 is 14.7 Å². The highest BCUT2D eigenvalue weighted by Crippen LogP contribution is 2.22. The lowest BCUT2D eigenvalue weighted by Crippen LogP contribution is -2.44. The third kappa shape index (κ3) is 4.32. The molecule has 0 aliphatic rings. The quantitative estimate of drug-likeness (QED) is 0.627. The fourth-order valence-electron chi connectivity index (χ4n) is 2.71. The fourth-order valence-corrected chi connectivity index (χ4v) is 2.83. The molecule has 3 aromatic rings. The molecular weight excluding hydrogens is 352 g/mol. The Morgan fingerprint density at radius 1 is 0.962 bits per heavy atom. The molecule has 0 aliphatic carbocycles. The first-order chi connectivity index (χ1) is 12.5. The van der Waals surface area contributed by atoms with Crippen molar-refractivity contribution in [1.82, 2.24) is 5.32 Å². The van der Waals surface area contributed by atoms with E-state index >= 15 is 0 Å². The Balaban J connectivity index is 1.71. The van der Waals surface area contributed by atoms with Crippen LogP contribution in [0.25, 0.3) is 10.8 Å². The number of fused-ring (bicyclic) bond motifs is 1. The molecule has 0 bridgehead atoms. The van der Waals surface area contributed by atoms with Crippen LogP contribution in [-0.4, -0.2) is 23.1 Å². The van der Waals surface area contributed by atoms with Crippen LogP contribution in [0.5, 0.6) is 0 Å². The normalized spacial score (nSPS) is 11.7. The highest BCUT2D eigenvalue weighted by Gasteiger charge is 2.20. The second-order valence-electron chi connectivity index (χ2n) is 5.85. The summed E-state index contributed by atoms with van der Waals surface area (Å²) in [5, 5.41) is 17.1. The van der Waals surface area contributed by atoms with Crippen molar-refractivity contribution >= 4 is 40.1 Å². The van der Waals surface area contributed by atoms with E-state index in [1.807, 2.05) is 36.4 Å². The lowest BCUT2D eigenvalue weighted by atomic mass is 10.1. The van der Waals surface area contributed by atoms with Crippen LogP contribution in [-0.2, 0) is 11.2 Å². The number of rotatable bonds is 5. The van der Waals surface area contributed by atoms with Gasteiger partial charge in [-0.25, -0.2) is 9.59 Å². The van der Waals surface area contributed by atoms with Crippen LogP contribution >= 0.6 is 11.6 Å². The number of hydrogen-bond acceptors (Lipinski definition) is 2. The van der Waals surface area contributed by atoms with E-state index < -0.39 is 18.0 Å². The number of carbonyl (C=O) groups is 2. The SMILES string of the molecule is O=C(Nc1cccc2ccccc12)NC(Cc1ccc(Cl)cc1)C(=O)O. The van der Waals surface area contributed by atoms with Crippen LogP contribution in [0, 0.1) is 0 Å². The highest BCUT2D eigenvalue weighted by atomic mass is 35.5. The molecule has 3 rings (SSSR count). The number of carboxylic acids is 1. The van der Waals surface area contributed by atoms with E-state index in [2.05, 4.69) is 10.6 Å². The van der Waals surface area contributed by atoms with Crippen molar-refractivity contribution in [3.05, 3.63) is 77.3 Å². The van der Waals surface area contributed by atoms with Gasteiger partial charge in [0.05, 0.1) is 5.69 Å². The van der Waals surface area contributed by atoms with E-state index in [9.17, 15) is 14.7 Å². The maximum Gasteiger partial charge on any atom is 0.326 e. The van der Waals surface area contributed by atoms with Crippen molar-refractivity contribution in [2.75, 3.05) is 5.32 Å². The minimum Gasteiger partial charge on any atom is -0.480 e. The van der Waals surface area contributed by atoms with Gasteiger partial charge in [-0.2, -0.15) is 0 Å². The number of carboxylic acid groups (broad SMARTS) is 1. The van der Waals surface area contributed by atoms with Crippen LogP contribution in [0.3, 0.4) is 0 Å². The Morgan fingerprint density at radius 2 is 1.65 bits per heavy atom. The summed E-state index contributed by atoms with van der Waals surface area (Å²) in [6.07, 6.45) is 0.162. The number of hydrogen-bond donors (Lipinski definition) is 3. The average Bonchev–Trinajstić information content (AvgIpc) is 2.63. The summed E-state index contributed by atoms with van der Waals surface area (Å²) in [7, 11) is 0. The number of benzene rings is 3. The molecule has 2 amide bonds. The van der Waals surface area contributed by atoms with Crippen LogP contribution in [0.4, 0.5) is 10.5 Å². The van der Waals surface area contributed by atoms with E-state index in [0.29, 0.717) is 10.7 Å². The van der Waals surface area contributed by atoms with Gasteiger partial charge in [0.1, 0.15) is 6.04 Å². The van der Waals surface area contributed by atoms with E-state index in [4.69, 9.17) is 11.6 Å². The van der Waals surface area contributed by atoms with Gasteiger partial charge in [-0.15, -0.1) is 0 Å². The van der Waals surface area contributed by atoms with E-state index in [-0.39, 0.29) is 6.42 Å². The first kappa shape index (κ1) is 17.8. The zero-order valence-corrected chi connectivity index (χ0v) is 14.5. The lowest BCUT2D eigenvalue weighted by Gasteiger charge is -2.16. The standard InChI is InChI=1S/C20H17ClN2O3/c21-15-10-8-13(9-11-15)12-18(19(24)25)23-20(26)22-17-7-3-5-14-4-1-2-6-16(14)17/h1-11,18H,12H2,(H,24,25)(H2,22,23,26). The van der Waals surface area contributed by atoms with Gasteiger partial charge >= 0.3 is 12.0 Å². The molecule has 3 aromatic carbocycles. The molecule has 0 aromatic heterocycles. The van der Waals surface area contributed by atoms with Crippen LogP contribution in [0.1, 0.15) is 5.56 Å². The summed E-state index contributed by atoms with van der Waals surface area (Å²) in [5.74, 6) is -1.10. The first-order valence-electron chi connectivity index (χ1n) is 8.05. The van der Waals surface area contributed by atoms with E-state index in [1.54, 1.807) is 30.3 Å². The second kappa shape index (κ2) is 7.89. The molecule has 0 heterocycles. The number of carbonyl (C=O) groups excluding carboxylic acids is 1. The number of halogens is 1. The predicted molar refractivity (Wildman–Crippen MR) is 103 cm³/mol. The van der Waals surface area contributed by atoms with Crippen molar-refractivity contribution in [3.8, 4) is 0 Å². The zero-order valence-electron chi connectivity index (χ0n) is 13.8. The van der Waals surface area contributed by atoms with Gasteiger partial charge < -0.3 is 15.7 Å². The summed E-state index contributed by atoms with van der Waals surface area (Å²) in [6.45, 7) is 0. The van der Waals surface area contributed by atoms with Crippen LogP contribution in [0.2, 0.25) is 5.02 Å². The van der Waals surface area contributed by atoms with Crippen LogP contribution < -0.4 is 10.6 Å². The summed E-state index contributed by atoms with van der Waals surface area (Å²) in [5.41, 5.74) is 1.39. The molecule has 0 aliphatic heterocycles. The smallest absolute Gasteiger partial charge is 0.326 e. The lowest BCUT2D eigenvalue weighted by molar-refractivity contribution is -0.139. The molecule has 0 saturated carbocycles. The topological polar surface area (TPSA) is 78.4 Å². The molecule has 1 unspecified atom stereocenters. The second-order valence-corrected chi connectivity index (χ2v) is 6.28. The number of urea groups is 1. The van der Waals surface area contributed by atoms with Gasteiger partial charge in [0.2, 0.25) is 0 Å². The maximum atomic E-state index is 12.3. The summed E-state index contributed by atoms with van der Waals surface area (Å²) in [4.78, 5) is 23.8. The molecular formula is C20H17ClN2O3. The molecule has 6 heteroatoms. The fraction of sp³-hybridized carbons (Fsp3) is 0.100. The Hall–Kier alpha value is -3.05. The first-order valence-corrected chi connectivity index (χ1v) is 8.43. The number of nitrogens with one attached hydrogen (secondary N) is 2. The molecule has 132 valence electrons. The van der Waals surface area contributed by atoms with Gasteiger partial charge in [-0.05, 0) is 29.1 Å². The van der Waals surface area contributed by atoms with Gasteiger partial charge in [0.25, 0.3) is 0 Å². The van der Waals surface area contributed by atoms with Crippen molar-refractivity contribution in [3.63, 3.8) is 0 Å². The largest absolute Gasteiger partial charge is 0.480 e. The zero-order chi connectivity index (χ0) is 18.5. The third-order valence-corrected chi connectivity index (χ3v) is 4.25. The summed E-state index contributed by atoms with van der Waals surface area (Å²) < 4.78 is 0. The van der Waals surface area contributed by atoms with E-state index in [0.717, 1.165) is 16.3 Å². The van der Waals surface area contributed by atoms with Crippen molar-refractivity contribution in [2.24, 2.45) is 0 Å². The van der Waals surface area contributed by atoms with Crippen LogP contribution in [0.15, 0.2) is 66.7 Å². The third-order valence-electron chi connectivity index (χ3n) is 3.99. The summed E-state index contributed by atoms with van der Waals surface area (Å²) >= 11 is 5.84. The van der Waals surface area contributed by atoms with Gasteiger partial charge in [-0.1, -0.05) is 60.1 Å². The highest BCUT2D eigenvalue weighted by molar-refractivity contribution is 6.30. The molecule has 0 fully saturated rings. The molecule has 0 radical (unpaired) electrons. The monoisotopic (exact) mass is 368 g/mol. The molecule has 5 nitrogen and oxygen atoms in total. The number of amides is 2. The Labute approximate surface area is 155 Å². The molecule has 0 saturated heterocycles. The minimum absolute atomic E-state index is 0.162. The molecule has 3 N–H and O–H groups in total. The number of aliphatic carboxylic acids is 1.